The molecule has 0 bridgehead atoms. The van der Waals surface area contributed by atoms with Crippen LogP contribution in [0.25, 0.3) is 0 Å². The van der Waals surface area contributed by atoms with Gasteiger partial charge in [-0.2, -0.15) is 0 Å². The molecule has 0 saturated carbocycles. The van der Waals surface area contributed by atoms with Crippen molar-refractivity contribution < 1.29 is 9.53 Å². The topological polar surface area (TPSA) is 64.3 Å². The molecule has 4 nitrogen and oxygen atoms in total. The number of hydrogen-bond donors (Lipinski definition) is 2. The van der Waals surface area contributed by atoms with Gasteiger partial charge in [0.15, 0.2) is 0 Å². The average Bonchev–Trinajstić information content (AvgIpc) is 2.47. The second-order valence-electron chi connectivity index (χ2n) is 3.95. The summed E-state index contributed by atoms with van der Waals surface area (Å²) in [6.45, 7) is 5.80. The third kappa shape index (κ3) is 2.97. The molecule has 0 aromatic heterocycles. The first-order chi connectivity index (χ1) is 6.11. The van der Waals surface area contributed by atoms with E-state index in [9.17, 15) is 4.79 Å². The molecular formula is C9H18N2O2. The van der Waals surface area contributed by atoms with Gasteiger partial charge in [-0.1, -0.05) is 13.8 Å². The minimum atomic E-state index is -0.154. The second kappa shape index (κ2) is 4.58. The van der Waals surface area contributed by atoms with Crippen molar-refractivity contribution in [3.05, 3.63) is 0 Å². The molecule has 1 fully saturated rings. The second-order valence-corrected chi connectivity index (χ2v) is 3.95. The van der Waals surface area contributed by atoms with E-state index in [-0.39, 0.29) is 17.9 Å². The molecule has 1 amide bonds. The Balaban J connectivity index is 2.30. The van der Waals surface area contributed by atoms with Crippen LogP contribution in [0.5, 0.6) is 0 Å². The number of amides is 1. The summed E-state index contributed by atoms with van der Waals surface area (Å²) in [5, 5.41) is 2.86. The first-order valence-electron chi connectivity index (χ1n) is 4.72. The number of ether oxygens (including phenoxy) is 1. The van der Waals surface area contributed by atoms with E-state index in [1.165, 1.54) is 0 Å². The molecular weight excluding hydrogens is 168 g/mol. The van der Waals surface area contributed by atoms with Crippen LogP contribution in [0, 0.1) is 11.8 Å². The Hall–Kier alpha value is -0.610. The Morgan fingerprint density at radius 2 is 2.31 bits per heavy atom. The van der Waals surface area contributed by atoms with Gasteiger partial charge in [0, 0.05) is 12.6 Å². The molecule has 76 valence electrons. The zero-order valence-electron chi connectivity index (χ0n) is 8.25. The number of carbonyl (C=O) groups is 1. The lowest BCUT2D eigenvalue weighted by atomic mass is 10.0. The SMILES string of the molecule is CC(C)CNC(=O)C1COCC1N. The third-order valence-corrected chi connectivity index (χ3v) is 2.15. The summed E-state index contributed by atoms with van der Waals surface area (Å²) >= 11 is 0. The van der Waals surface area contributed by atoms with E-state index in [4.69, 9.17) is 10.5 Å². The molecule has 13 heavy (non-hydrogen) atoms. The van der Waals surface area contributed by atoms with Crippen molar-refractivity contribution in [2.45, 2.75) is 19.9 Å². The standard InChI is InChI=1S/C9H18N2O2/c1-6(2)3-11-9(12)7-4-13-5-8(7)10/h6-8H,3-5,10H2,1-2H3,(H,11,12). The number of carbonyl (C=O) groups excluding carboxylic acids is 1. The van der Waals surface area contributed by atoms with E-state index < -0.39 is 0 Å². The third-order valence-electron chi connectivity index (χ3n) is 2.15. The molecule has 3 N–H and O–H groups in total. The van der Waals surface area contributed by atoms with Crippen LogP contribution >= 0.6 is 0 Å². The number of nitrogens with one attached hydrogen (secondary N) is 1. The van der Waals surface area contributed by atoms with Crippen LogP contribution in [0.4, 0.5) is 0 Å². The molecule has 2 unspecified atom stereocenters. The van der Waals surface area contributed by atoms with Gasteiger partial charge in [0.1, 0.15) is 0 Å². The number of rotatable bonds is 3. The summed E-state index contributed by atoms with van der Waals surface area (Å²) in [6.07, 6.45) is 0. The maximum atomic E-state index is 11.5. The summed E-state index contributed by atoms with van der Waals surface area (Å²) < 4.78 is 5.11. The van der Waals surface area contributed by atoms with Gasteiger partial charge in [-0.15, -0.1) is 0 Å². The van der Waals surface area contributed by atoms with Gasteiger partial charge in [0.25, 0.3) is 0 Å². The van der Waals surface area contributed by atoms with Gasteiger partial charge >= 0.3 is 0 Å². The van der Waals surface area contributed by atoms with E-state index in [0.717, 1.165) is 0 Å². The smallest absolute Gasteiger partial charge is 0.227 e. The van der Waals surface area contributed by atoms with Gasteiger partial charge < -0.3 is 15.8 Å². The maximum absolute atomic E-state index is 11.5. The van der Waals surface area contributed by atoms with Crippen molar-refractivity contribution in [2.75, 3.05) is 19.8 Å². The molecule has 1 aliphatic heterocycles. The zero-order chi connectivity index (χ0) is 9.84. The monoisotopic (exact) mass is 186 g/mol. The molecule has 0 aromatic rings. The molecule has 0 spiro atoms. The van der Waals surface area contributed by atoms with E-state index in [0.29, 0.717) is 25.7 Å². The van der Waals surface area contributed by atoms with Crippen LogP contribution in [-0.2, 0) is 9.53 Å². The van der Waals surface area contributed by atoms with Crippen molar-refractivity contribution >= 4 is 5.91 Å². The normalized spacial score (nSPS) is 28.0. The van der Waals surface area contributed by atoms with Crippen molar-refractivity contribution in [3.8, 4) is 0 Å². The van der Waals surface area contributed by atoms with Crippen LogP contribution < -0.4 is 11.1 Å². The highest BCUT2D eigenvalue weighted by Crippen LogP contribution is 2.11. The largest absolute Gasteiger partial charge is 0.379 e. The van der Waals surface area contributed by atoms with Gasteiger partial charge in [-0.25, -0.2) is 0 Å². The minimum Gasteiger partial charge on any atom is -0.379 e. The highest BCUT2D eigenvalue weighted by molar-refractivity contribution is 5.79. The Kier molecular flexibility index (Phi) is 3.69. The lowest BCUT2D eigenvalue weighted by molar-refractivity contribution is -0.125. The molecule has 1 aliphatic rings. The summed E-state index contributed by atoms with van der Waals surface area (Å²) in [7, 11) is 0. The quantitative estimate of drug-likeness (QED) is 0.638. The van der Waals surface area contributed by atoms with Crippen molar-refractivity contribution in [2.24, 2.45) is 17.6 Å². The molecule has 4 heteroatoms. The predicted octanol–water partition coefficient (Wildman–Crippen LogP) is -0.268. The Bertz CT molecular complexity index is 182. The molecule has 1 rings (SSSR count). The fourth-order valence-electron chi connectivity index (χ4n) is 1.28. The van der Waals surface area contributed by atoms with Gasteiger partial charge in [-0.3, -0.25) is 4.79 Å². The minimum absolute atomic E-state index is 0.0266. The number of hydrogen-bond acceptors (Lipinski definition) is 3. The fraction of sp³-hybridized carbons (Fsp3) is 0.889. The lowest BCUT2D eigenvalue weighted by Gasteiger charge is -2.14. The predicted molar refractivity (Wildman–Crippen MR) is 50.1 cm³/mol. The van der Waals surface area contributed by atoms with Crippen LogP contribution in [0.15, 0.2) is 0 Å². The van der Waals surface area contributed by atoms with E-state index in [1.54, 1.807) is 0 Å². The summed E-state index contributed by atoms with van der Waals surface area (Å²) in [5.74, 6) is 0.347. The van der Waals surface area contributed by atoms with E-state index >= 15 is 0 Å². The van der Waals surface area contributed by atoms with Crippen LogP contribution in [0.1, 0.15) is 13.8 Å². The summed E-state index contributed by atoms with van der Waals surface area (Å²) in [4.78, 5) is 11.5. The average molecular weight is 186 g/mol. The van der Waals surface area contributed by atoms with Crippen molar-refractivity contribution in [3.63, 3.8) is 0 Å². The Morgan fingerprint density at radius 1 is 1.62 bits per heavy atom. The van der Waals surface area contributed by atoms with E-state index in [1.807, 2.05) is 0 Å². The van der Waals surface area contributed by atoms with Gasteiger partial charge in [0.2, 0.25) is 5.91 Å². The van der Waals surface area contributed by atoms with Crippen LogP contribution in [0.2, 0.25) is 0 Å². The molecule has 0 aromatic carbocycles. The first kappa shape index (κ1) is 10.5. The van der Waals surface area contributed by atoms with Gasteiger partial charge in [-0.05, 0) is 5.92 Å². The molecule has 0 radical (unpaired) electrons. The highest BCUT2D eigenvalue weighted by Gasteiger charge is 2.30. The van der Waals surface area contributed by atoms with E-state index in [2.05, 4.69) is 19.2 Å². The van der Waals surface area contributed by atoms with Crippen LogP contribution in [0.3, 0.4) is 0 Å². The van der Waals surface area contributed by atoms with Gasteiger partial charge in [0.05, 0.1) is 19.1 Å². The molecule has 1 saturated heterocycles. The Morgan fingerprint density at radius 3 is 2.77 bits per heavy atom. The fourth-order valence-corrected chi connectivity index (χ4v) is 1.28. The molecule has 0 aliphatic carbocycles. The maximum Gasteiger partial charge on any atom is 0.227 e. The summed E-state index contributed by atoms with van der Waals surface area (Å²) in [6, 6.07) is -0.132. The van der Waals surface area contributed by atoms with Crippen molar-refractivity contribution in [1.29, 1.82) is 0 Å². The lowest BCUT2D eigenvalue weighted by Crippen LogP contribution is -2.42. The van der Waals surface area contributed by atoms with Crippen molar-refractivity contribution in [1.82, 2.24) is 5.32 Å². The zero-order valence-corrected chi connectivity index (χ0v) is 8.25. The molecule has 2 atom stereocenters. The Labute approximate surface area is 78.8 Å². The summed E-state index contributed by atoms with van der Waals surface area (Å²) in [5.41, 5.74) is 5.70. The first-order valence-corrected chi connectivity index (χ1v) is 4.72. The molecule has 1 heterocycles. The van der Waals surface area contributed by atoms with Crippen LogP contribution in [-0.4, -0.2) is 31.7 Å². The highest BCUT2D eigenvalue weighted by atomic mass is 16.5. The number of nitrogens with two attached hydrogens (primary N) is 1.